The molecule has 0 unspecified atom stereocenters. The van der Waals surface area contributed by atoms with Gasteiger partial charge in [0.25, 0.3) is 0 Å². The van der Waals surface area contributed by atoms with Crippen molar-refractivity contribution in [2.45, 2.75) is 39.3 Å². The largest absolute Gasteiger partial charge is 0.326 e. The van der Waals surface area contributed by atoms with Crippen LogP contribution in [0.1, 0.15) is 42.1 Å². The molecule has 2 aromatic rings. The van der Waals surface area contributed by atoms with Gasteiger partial charge in [0.15, 0.2) is 0 Å². The van der Waals surface area contributed by atoms with E-state index >= 15 is 0 Å². The number of hydrogen-bond acceptors (Lipinski definition) is 3. The van der Waals surface area contributed by atoms with Crippen molar-refractivity contribution in [1.29, 1.82) is 0 Å². The van der Waals surface area contributed by atoms with Crippen LogP contribution >= 0.6 is 0 Å². The second-order valence-corrected chi connectivity index (χ2v) is 6.11. The quantitative estimate of drug-likeness (QED) is 0.911. The van der Waals surface area contributed by atoms with Gasteiger partial charge in [0.2, 0.25) is 0 Å². The first-order valence-corrected chi connectivity index (χ1v) is 7.43. The van der Waals surface area contributed by atoms with E-state index in [2.05, 4.69) is 44.0 Å². The van der Waals surface area contributed by atoms with E-state index in [1.165, 1.54) is 27.8 Å². The van der Waals surface area contributed by atoms with Gasteiger partial charge in [-0.05, 0) is 29.7 Å². The lowest BCUT2D eigenvalue weighted by molar-refractivity contribution is 0.309. The molecule has 0 atom stereocenters. The van der Waals surface area contributed by atoms with Gasteiger partial charge in [-0.25, -0.2) is 0 Å². The predicted molar refractivity (Wildman–Crippen MR) is 83.8 cm³/mol. The van der Waals surface area contributed by atoms with E-state index in [1.807, 2.05) is 0 Å². The molecule has 3 rings (SSSR count). The molecule has 3 nitrogen and oxygen atoms in total. The third-order valence-corrected chi connectivity index (χ3v) is 4.34. The highest BCUT2D eigenvalue weighted by Crippen LogP contribution is 2.31. The van der Waals surface area contributed by atoms with Crippen molar-refractivity contribution < 1.29 is 0 Å². The van der Waals surface area contributed by atoms with Crippen LogP contribution in [0.2, 0.25) is 0 Å². The van der Waals surface area contributed by atoms with Crippen molar-refractivity contribution in [3.05, 3.63) is 40.6 Å². The van der Waals surface area contributed by atoms with Crippen LogP contribution in [-0.2, 0) is 19.5 Å². The number of aromatic nitrogens is 1. The van der Waals surface area contributed by atoms with Gasteiger partial charge >= 0.3 is 0 Å². The van der Waals surface area contributed by atoms with E-state index in [4.69, 9.17) is 10.7 Å². The fourth-order valence-corrected chi connectivity index (χ4v) is 3.21. The third kappa shape index (κ3) is 2.11. The molecule has 0 spiro atoms. The standard InChI is InChI=1S/C17H23N3/c1-11(2)12-5-4-6-13-14(9-18)15-10-20(3)8-7-16(15)19-17(12)13/h4-6,11H,7-10,18H2,1-3H3. The predicted octanol–water partition coefficient (Wildman–Crippen LogP) is 2.80. The minimum atomic E-state index is 0.487. The summed E-state index contributed by atoms with van der Waals surface area (Å²) >= 11 is 0. The van der Waals surface area contributed by atoms with E-state index < -0.39 is 0 Å². The van der Waals surface area contributed by atoms with Gasteiger partial charge in [0.05, 0.1) is 5.52 Å². The number of para-hydroxylation sites is 1. The molecule has 0 saturated heterocycles. The Balaban J connectivity index is 2.32. The summed E-state index contributed by atoms with van der Waals surface area (Å²) in [5.74, 6) is 0.487. The second kappa shape index (κ2) is 5.15. The molecule has 0 fully saturated rings. The van der Waals surface area contributed by atoms with Gasteiger partial charge in [-0.2, -0.15) is 0 Å². The van der Waals surface area contributed by atoms with E-state index in [-0.39, 0.29) is 0 Å². The molecule has 1 aromatic heterocycles. The summed E-state index contributed by atoms with van der Waals surface area (Å²) in [7, 11) is 2.16. The smallest absolute Gasteiger partial charge is 0.0743 e. The molecule has 106 valence electrons. The van der Waals surface area contributed by atoms with Crippen LogP contribution in [0.25, 0.3) is 10.9 Å². The number of rotatable bonds is 2. The molecule has 0 saturated carbocycles. The maximum atomic E-state index is 6.07. The summed E-state index contributed by atoms with van der Waals surface area (Å²) in [5, 5.41) is 1.24. The zero-order valence-electron chi connectivity index (χ0n) is 12.6. The highest BCUT2D eigenvalue weighted by atomic mass is 15.1. The Kier molecular flexibility index (Phi) is 3.48. The Hall–Kier alpha value is -1.45. The molecule has 3 heteroatoms. The highest BCUT2D eigenvalue weighted by Gasteiger charge is 2.21. The van der Waals surface area contributed by atoms with Gasteiger partial charge in [0, 0.05) is 37.1 Å². The highest BCUT2D eigenvalue weighted by molar-refractivity contribution is 5.87. The normalized spacial score (nSPS) is 15.8. The summed E-state index contributed by atoms with van der Waals surface area (Å²) in [4.78, 5) is 7.35. The van der Waals surface area contributed by atoms with Crippen LogP contribution in [0.4, 0.5) is 0 Å². The number of fused-ring (bicyclic) bond motifs is 2. The van der Waals surface area contributed by atoms with Crippen LogP contribution in [0, 0.1) is 0 Å². The molecular formula is C17H23N3. The number of benzene rings is 1. The average Bonchev–Trinajstić information content (AvgIpc) is 2.44. The van der Waals surface area contributed by atoms with Crippen molar-refractivity contribution >= 4 is 10.9 Å². The summed E-state index contributed by atoms with van der Waals surface area (Å²) < 4.78 is 0. The molecule has 20 heavy (non-hydrogen) atoms. The Labute approximate surface area is 120 Å². The zero-order valence-corrected chi connectivity index (χ0v) is 12.6. The Bertz CT molecular complexity index is 646. The van der Waals surface area contributed by atoms with Crippen molar-refractivity contribution in [3.8, 4) is 0 Å². The van der Waals surface area contributed by atoms with Gasteiger partial charge in [-0.1, -0.05) is 32.0 Å². The first-order chi connectivity index (χ1) is 9.61. The molecular weight excluding hydrogens is 246 g/mol. The topological polar surface area (TPSA) is 42.1 Å². The van der Waals surface area contributed by atoms with E-state index in [0.717, 1.165) is 25.0 Å². The van der Waals surface area contributed by atoms with Crippen LogP contribution in [-0.4, -0.2) is 23.5 Å². The molecule has 0 bridgehead atoms. The van der Waals surface area contributed by atoms with Crippen molar-refractivity contribution in [2.75, 3.05) is 13.6 Å². The first kappa shape index (κ1) is 13.5. The molecule has 1 aliphatic heterocycles. The zero-order chi connectivity index (χ0) is 14.3. The summed E-state index contributed by atoms with van der Waals surface area (Å²) in [6.07, 6.45) is 1.03. The van der Waals surface area contributed by atoms with Crippen molar-refractivity contribution in [3.63, 3.8) is 0 Å². The van der Waals surface area contributed by atoms with E-state index in [0.29, 0.717) is 12.5 Å². The van der Waals surface area contributed by atoms with Crippen molar-refractivity contribution in [2.24, 2.45) is 5.73 Å². The van der Waals surface area contributed by atoms with Gasteiger partial charge in [-0.15, -0.1) is 0 Å². The molecule has 2 N–H and O–H groups in total. The second-order valence-electron chi connectivity index (χ2n) is 6.11. The number of nitrogens with zero attached hydrogens (tertiary/aromatic N) is 2. The summed E-state index contributed by atoms with van der Waals surface area (Å²) in [6, 6.07) is 6.50. The molecule has 0 radical (unpaired) electrons. The third-order valence-electron chi connectivity index (χ3n) is 4.34. The molecule has 1 aromatic carbocycles. The Morgan fingerprint density at radius 3 is 2.85 bits per heavy atom. The van der Waals surface area contributed by atoms with Crippen LogP contribution < -0.4 is 5.73 Å². The molecule has 0 amide bonds. The number of likely N-dealkylation sites (N-methyl/N-ethyl adjacent to an activating group) is 1. The maximum absolute atomic E-state index is 6.07. The lowest BCUT2D eigenvalue weighted by Gasteiger charge is -2.27. The molecule has 1 aliphatic rings. The Morgan fingerprint density at radius 1 is 1.35 bits per heavy atom. The van der Waals surface area contributed by atoms with Crippen LogP contribution in [0.3, 0.4) is 0 Å². The van der Waals surface area contributed by atoms with Gasteiger partial charge in [-0.3, -0.25) is 4.98 Å². The fourth-order valence-electron chi connectivity index (χ4n) is 3.21. The number of pyridine rings is 1. The lowest BCUT2D eigenvalue weighted by atomic mass is 9.92. The van der Waals surface area contributed by atoms with Gasteiger partial charge < -0.3 is 10.6 Å². The number of hydrogen-bond donors (Lipinski definition) is 1. The monoisotopic (exact) mass is 269 g/mol. The molecule has 0 aliphatic carbocycles. The minimum Gasteiger partial charge on any atom is -0.326 e. The Morgan fingerprint density at radius 2 is 2.15 bits per heavy atom. The van der Waals surface area contributed by atoms with Crippen LogP contribution in [0.5, 0.6) is 0 Å². The minimum absolute atomic E-state index is 0.487. The first-order valence-electron chi connectivity index (χ1n) is 7.43. The molecule has 2 heterocycles. The average molecular weight is 269 g/mol. The maximum Gasteiger partial charge on any atom is 0.0743 e. The summed E-state index contributed by atoms with van der Waals surface area (Å²) in [5.41, 5.74) is 12.5. The van der Waals surface area contributed by atoms with E-state index in [1.54, 1.807) is 0 Å². The summed E-state index contributed by atoms with van der Waals surface area (Å²) in [6.45, 7) is 7.10. The fraction of sp³-hybridized carbons (Fsp3) is 0.471. The van der Waals surface area contributed by atoms with Crippen molar-refractivity contribution in [1.82, 2.24) is 9.88 Å². The van der Waals surface area contributed by atoms with E-state index in [9.17, 15) is 0 Å². The number of nitrogens with two attached hydrogens (primary N) is 1. The van der Waals surface area contributed by atoms with Crippen LogP contribution in [0.15, 0.2) is 18.2 Å². The SMILES string of the molecule is CC(C)c1cccc2c(CN)c3c(nc12)CCN(C)C3. The lowest BCUT2D eigenvalue weighted by Crippen LogP contribution is -2.29. The van der Waals surface area contributed by atoms with Gasteiger partial charge in [0.1, 0.15) is 0 Å².